The monoisotopic (exact) mass is 279 g/mol. The number of anilines is 1. The van der Waals surface area contributed by atoms with Crippen LogP contribution in [0, 0.1) is 0 Å². The Bertz CT molecular complexity index is 650. The van der Waals surface area contributed by atoms with Gasteiger partial charge in [0.05, 0.1) is 11.4 Å². The average Bonchev–Trinajstić information content (AvgIpc) is 2.39. The van der Waals surface area contributed by atoms with E-state index < -0.39 is 10.0 Å². The molecule has 0 aliphatic rings. The third kappa shape index (κ3) is 3.65. The SMILES string of the molecule is CCNCCS(=O)(=O)Nc1cccc2cnccc12. The van der Waals surface area contributed by atoms with Gasteiger partial charge in [0, 0.05) is 29.7 Å². The molecule has 0 bridgehead atoms. The van der Waals surface area contributed by atoms with Crippen molar-refractivity contribution in [2.75, 3.05) is 23.6 Å². The number of benzene rings is 1. The van der Waals surface area contributed by atoms with E-state index in [4.69, 9.17) is 0 Å². The minimum absolute atomic E-state index is 0.0578. The molecule has 0 radical (unpaired) electrons. The second-order valence-corrected chi connectivity index (χ2v) is 6.02. The maximum atomic E-state index is 12.0. The lowest BCUT2D eigenvalue weighted by Crippen LogP contribution is -2.26. The van der Waals surface area contributed by atoms with Gasteiger partial charge in [0.2, 0.25) is 10.0 Å². The van der Waals surface area contributed by atoms with Gasteiger partial charge in [-0.15, -0.1) is 0 Å². The highest BCUT2D eigenvalue weighted by molar-refractivity contribution is 7.92. The molecule has 1 aromatic heterocycles. The zero-order valence-corrected chi connectivity index (χ0v) is 11.6. The molecular formula is C13H17N3O2S. The summed E-state index contributed by atoms with van der Waals surface area (Å²) in [4.78, 5) is 4.02. The topological polar surface area (TPSA) is 71.1 Å². The minimum atomic E-state index is -3.33. The zero-order chi connectivity index (χ0) is 13.7. The number of fused-ring (bicyclic) bond motifs is 1. The molecule has 0 atom stereocenters. The highest BCUT2D eigenvalue weighted by Gasteiger charge is 2.11. The van der Waals surface area contributed by atoms with Gasteiger partial charge in [-0.1, -0.05) is 19.1 Å². The molecule has 1 heterocycles. The minimum Gasteiger partial charge on any atom is -0.316 e. The average molecular weight is 279 g/mol. The summed E-state index contributed by atoms with van der Waals surface area (Å²) in [6, 6.07) is 7.27. The molecule has 0 saturated carbocycles. The predicted octanol–water partition coefficient (Wildman–Crippen LogP) is 1.59. The van der Waals surface area contributed by atoms with Crippen LogP contribution >= 0.6 is 0 Å². The van der Waals surface area contributed by atoms with Crippen LogP contribution in [0.15, 0.2) is 36.7 Å². The molecule has 0 amide bonds. The summed E-state index contributed by atoms with van der Waals surface area (Å²) in [7, 11) is -3.33. The predicted molar refractivity (Wildman–Crippen MR) is 77.7 cm³/mol. The maximum absolute atomic E-state index is 12.0. The summed E-state index contributed by atoms with van der Waals surface area (Å²) < 4.78 is 26.5. The third-order valence-corrected chi connectivity index (χ3v) is 4.02. The highest BCUT2D eigenvalue weighted by Crippen LogP contribution is 2.22. The molecule has 102 valence electrons. The molecular weight excluding hydrogens is 262 g/mol. The lowest BCUT2D eigenvalue weighted by atomic mass is 10.1. The molecule has 0 aliphatic heterocycles. The van der Waals surface area contributed by atoms with E-state index in [0.29, 0.717) is 12.2 Å². The van der Waals surface area contributed by atoms with E-state index in [2.05, 4.69) is 15.0 Å². The maximum Gasteiger partial charge on any atom is 0.233 e. The van der Waals surface area contributed by atoms with E-state index in [0.717, 1.165) is 17.3 Å². The van der Waals surface area contributed by atoms with Crippen LogP contribution in [-0.2, 0) is 10.0 Å². The van der Waals surface area contributed by atoms with Crippen molar-refractivity contribution in [3.05, 3.63) is 36.7 Å². The van der Waals surface area contributed by atoms with E-state index in [1.807, 2.05) is 19.1 Å². The second kappa shape index (κ2) is 5.99. The van der Waals surface area contributed by atoms with E-state index in [9.17, 15) is 8.42 Å². The van der Waals surface area contributed by atoms with Crippen LogP contribution in [0.5, 0.6) is 0 Å². The Kier molecular flexibility index (Phi) is 4.34. The van der Waals surface area contributed by atoms with Crippen LogP contribution in [0.4, 0.5) is 5.69 Å². The number of hydrogen-bond donors (Lipinski definition) is 2. The largest absolute Gasteiger partial charge is 0.316 e. The van der Waals surface area contributed by atoms with Gasteiger partial charge in [0.15, 0.2) is 0 Å². The lowest BCUT2D eigenvalue weighted by molar-refractivity contribution is 0.597. The smallest absolute Gasteiger partial charge is 0.233 e. The quantitative estimate of drug-likeness (QED) is 0.788. The van der Waals surface area contributed by atoms with Gasteiger partial charge < -0.3 is 5.32 Å². The van der Waals surface area contributed by atoms with Gasteiger partial charge in [-0.3, -0.25) is 9.71 Å². The molecule has 0 unspecified atom stereocenters. The van der Waals surface area contributed by atoms with Gasteiger partial charge in [-0.25, -0.2) is 8.42 Å². The molecule has 19 heavy (non-hydrogen) atoms. The van der Waals surface area contributed by atoms with Crippen LogP contribution in [0.3, 0.4) is 0 Å². The Morgan fingerprint density at radius 2 is 2.11 bits per heavy atom. The van der Waals surface area contributed by atoms with Crippen molar-refractivity contribution in [3.8, 4) is 0 Å². The number of rotatable bonds is 6. The summed E-state index contributed by atoms with van der Waals surface area (Å²) in [5.74, 6) is 0.0578. The van der Waals surface area contributed by atoms with Gasteiger partial charge in [-0.05, 0) is 18.7 Å². The normalized spacial score (nSPS) is 11.6. The molecule has 1 aromatic carbocycles. The molecule has 6 heteroatoms. The molecule has 2 N–H and O–H groups in total. The molecule has 2 aromatic rings. The Hall–Kier alpha value is -1.66. The fourth-order valence-corrected chi connectivity index (χ4v) is 2.84. The van der Waals surface area contributed by atoms with Crippen molar-refractivity contribution in [3.63, 3.8) is 0 Å². The zero-order valence-electron chi connectivity index (χ0n) is 10.8. The number of aromatic nitrogens is 1. The van der Waals surface area contributed by atoms with E-state index >= 15 is 0 Å². The fraction of sp³-hybridized carbons (Fsp3) is 0.308. The van der Waals surface area contributed by atoms with Crippen molar-refractivity contribution >= 4 is 26.5 Å². The summed E-state index contributed by atoms with van der Waals surface area (Å²) >= 11 is 0. The third-order valence-electron chi connectivity index (χ3n) is 2.74. The molecule has 0 spiro atoms. The summed E-state index contributed by atoms with van der Waals surface area (Å²) in [5, 5.41) is 4.76. The first-order valence-electron chi connectivity index (χ1n) is 6.16. The number of hydrogen-bond acceptors (Lipinski definition) is 4. The summed E-state index contributed by atoms with van der Waals surface area (Å²) in [5.41, 5.74) is 0.594. The van der Waals surface area contributed by atoms with Crippen molar-refractivity contribution in [2.24, 2.45) is 0 Å². The van der Waals surface area contributed by atoms with Gasteiger partial charge in [0.25, 0.3) is 0 Å². The molecule has 2 rings (SSSR count). The molecule has 0 aliphatic carbocycles. The number of sulfonamides is 1. The van der Waals surface area contributed by atoms with Gasteiger partial charge in [-0.2, -0.15) is 0 Å². The number of pyridine rings is 1. The Morgan fingerprint density at radius 3 is 2.89 bits per heavy atom. The fourth-order valence-electron chi connectivity index (χ4n) is 1.81. The first-order valence-corrected chi connectivity index (χ1v) is 7.81. The number of nitrogens with one attached hydrogen (secondary N) is 2. The molecule has 0 saturated heterocycles. The van der Waals surface area contributed by atoms with Crippen molar-refractivity contribution in [1.82, 2.24) is 10.3 Å². The van der Waals surface area contributed by atoms with Crippen molar-refractivity contribution in [1.29, 1.82) is 0 Å². The van der Waals surface area contributed by atoms with E-state index in [1.54, 1.807) is 24.5 Å². The van der Waals surface area contributed by atoms with Gasteiger partial charge in [0.1, 0.15) is 0 Å². The van der Waals surface area contributed by atoms with Crippen LogP contribution in [-0.4, -0.2) is 32.2 Å². The second-order valence-electron chi connectivity index (χ2n) is 4.18. The Morgan fingerprint density at radius 1 is 1.26 bits per heavy atom. The van der Waals surface area contributed by atoms with Crippen molar-refractivity contribution in [2.45, 2.75) is 6.92 Å². The molecule has 5 nitrogen and oxygen atoms in total. The van der Waals surface area contributed by atoms with Crippen LogP contribution < -0.4 is 10.0 Å². The number of nitrogens with zero attached hydrogens (tertiary/aromatic N) is 1. The lowest BCUT2D eigenvalue weighted by Gasteiger charge is -2.10. The van der Waals surface area contributed by atoms with E-state index in [1.165, 1.54) is 0 Å². The Labute approximate surface area is 113 Å². The molecule has 0 fully saturated rings. The van der Waals surface area contributed by atoms with Crippen LogP contribution in [0.25, 0.3) is 10.8 Å². The van der Waals surface area contributed by atoms with E-state index in [-0.39, 0.29) is 5.75 Å². The van der Waals surface area contributed by atoms with Crippen LogP contribution in [0.2, 0.25) is 0 Å². The summed E-state index contributed by atoms with van der Waals surface area (Å²) in [6.07, 6.45) is 3.37. The van der Waals surface area contributed by atoms with Crippen molar-refractivity contribution < 1.29 is 8.42 Å². The standard InChI is InChI=1S/C13H17N3O2S/c1-2-14-8-9-19(17,18)16-13-5-3-4-11-10-15-7-6-12(11)13/h3-7,10,14,16H,2,8-9H2,1H3. The van der Waals surface area contributed by atoms with Crippen LogP contribution in [0.1, 0.15) is 6.92 Å². The first kappa shape index (κ1) is 13.8. The van der Waals surface area contributed by atoms with Gasteiger partial charge >= 0.3 is 0 Å². The Balaban J connectivity index is 2.21. The highest BCUT2D eigenvalue weighted by atomic mass is 32.2. The first-order chi connectivity index (χ1) is 9.12. The summed E-state index contributed by atoms with van der Waals surface area (Å²) in [6.45, 7) is 3.14.